The highest BCUT2D eigenvalue weighted by Gasteiger charge is 2.18. The van der Waals surface area contributed by atoms with Crippen molar-refractivity contribution in [3.8, 4) is 28.6 Å². The number of aromatic hydroxyl groups is 1. The van der Waals surface area contributed by atoms with E-state index in [0.717, 1.165) is 17.1 Å². The lowest BCUT2D eigenvalue weighted by Crippen LogP contribution is -2.06. The van der Waals surface area contributed by atoms with Crippen LogP contribution in [0.15, 0.2) is 59.8 Å². The van der Waals surface area contributed by atoms with Gasteiger partial charge in [-0.25, -0.2) is 4.98 Å². The molecule has 0 aliphatic rings. The summed E-state index contributed by atoms with van der Waals surface area (Å²) >= 11 is 1.19. The number of aryl methyl sites for hydroxylation is 1. The van der Waals surface area contributed by atoms with Crippen LogP contribution < -0.4 is 4.74 Å². The minimum atomic E-state index is -2.88. The molecule has 33 heavy (non-hydrogen) atoms. The Labute approximate surface area is 192 Å². The first kappa shape index (κ1) is 22.5. The van der Waals surface area contributed by atoms with Crippen LogP contribution in [0.4, 0.5) is 8.78 Å². The van der Waals surface area contributed by atoms with E-state index >= 15 is 0 Å². The second-order valence-corrected chi connectivity index (χ2v) is 8.13. The number of nitrogens with zero attached hydrogens (tertiary/aromatic N) is 3. The van der Waals surface area contributed by atoms with Crippen molar-refractivity contribution in [2.24, 2.45) is 0 Å². The summed E-state index contributed by atoms with van der Waals surface area (Å²) in [6, 6.07) is 14.8. The number of hydrogen-bond acceptors (Lipinski definition) is 6. The van der Waals surface area contributed by atoms with Crippen molar-refractivity contribution in [2.75, 3.05) is 5.75 Å². The van der Waals surface area contributed by atoms with Gasteiger partial charge in [0, 0.05) is 22.6 Å². The minimum absolute atomic E-state index is 0.0682. The molecule has 0 saturated heterocycles. The Morgan fingerprint density at radius 2 is 1.91 bits per heavy atom. The van der Waals surface area contributed by atoms with Crippen molar-refractivity contribution in [1.82, 2.24) is 19.7 Å². The van der Waals surface area contributed by atoms with Crippen LogP contribution in [0.5, 0.6) is 11.5 Å². The summed E-state index contributed by atoms with van der Waals surface area (Å²) in [6.07, 6.45) is 0. The van der Waals surface area contributed by atoms with Crippen molar-refractivity contribution in [2.45, 2.75) is 25.6 Å². The molecule has 2 aromatic heterocycles. The van der Waals surface area contributed by atoms with Gasteiger partial charge in [-0.2, -0.15) is 8.78 Å². The van der Waals surface area contributed by atoms with Crippen LogP contribution in [0.3, 0.4) is 0 Å². The first-order valence-corrected chi connectivity index (χ1v) is 10.9. The zero-order chi connectivity index (χ0) is 23.5. The Morgan fingerprint density at radius 3 is 2.61 bits per heavy atom. The molecule has 4 aromatic rings. The van der Waals surface area contributed by atoms with Gasteiger partial charge in [-0.1, -0.05) is 23.9 Å². The zero-order valence-corrected chi connectivity index (χ0v) is 18.6. The summed E-state index contributed by atoms with van der Waals surface area (Å²) in [6.45, 7) is 0.817. The summed E-state index contributed by atoms with van der Waals surface area (Å²) in [5.74, 6) is 0.608. The van der Waals surface area contributed by atoms with Crippen LogP contribution in [0.1, 0.15) is 21.7 Å². The van der Waals surface area contributed by atoms with E-state index in [-0.39, 0.29) is 23.0 Å². The van der Waals surface area contributed by atoms with Gasteiger partial charge >= 0.3 is 6.61 Å². The average Bonchev–Trinajstić information content (AvgIpc) is 3.37. The number of rotatable bonds is 8. The van der Waals surface area contributed by atoms with Crippen LogP contribution in [0.2, 0.25) is 0 Å². The Bertz CT molecular complexity index is 1290. The summed E-state index contributed by atoms with van der Waals surface area (Å²) in [4.78, 5) is 17.2. The van der Waals surface area contributed by atoms with Gasteiger partial charge in [0.25, 0.3) is 0 Å². The average molecular weight is 471 g/mol. The lowest BCUT2D eigenvalue weighted by Gasteiger charge is -2.11. The summed E-state index contributed by atoms with van der Waals surface area (Å²) < 4.78 is 31.0. The third kappa shape index (κ3) is 4.90. The molecule has 0 spiro atoms. The topological polar surface area (TPSA) is 93.0 Å². The lowest BCUT2D eigenvalue weighted by molar-refractivity contribution is -0.0498. The standard InChI is InChI=1S/C23H20F2N4O3S/c1-13-11-18(14(2)29(13)15-7-9-16(10-8-15)32-22(24)25)20(31)12-33-23-26-21(27-28-23)17-5-3-4-6-19(17)30/h3-11,22,30H,12H2,1-2H3,(H,26,27,28). The molecule has 4 rings (SSSR count). The predicted octanol–water partition coefficient (Wildman–Crippen LogP) is 5.16. The molecule has 0 amide bonds. The molecule has 2 heterocycles. The van der Waals surface area contributed by atoms with E-state index in [2.05, 4.69) is 19.9 Å². The van der Waals surface area contributed by atoms with E-state index in [4.69, 9.17) is 0 Å². The molecule has 2 N–H and O–H groups in total. The maximum absolute atomic E-state index is 12.9. The number of aromatic amines is 1. The molecular formula is C23H20F2N4O3S. The molecular weight excluding hydrogens is 450 g/mol. The Balaban J connectivity index is 1.47. The van der Waals surface area contributed by atoms with E-state index in [9.17, 15) is 18.7 Å². The monoisotopic (exact) mass is 470 g/mol. The molecule has 0 aliphatic carbocycles. The van der Waals surface area contributed by atoms with Crippen LogP contribution in [0.25, 0.3) is 17.1 Å². The molecule has 0 radical (unpaired) electrons. The highest BCUT2D eigenvalue weighted by Crippen LogP contribution is 2.28. The first-order chi connectivity index (χ1) is 15.8. The number of benzene rings is 2. The maximum atomic E-state index is 12.9. The van der Waals surface area contributed by atoms with Crippen LogP contribution in [-0.2, 0) is 0 Å². The number of ether oxygens (including phenoxy) is 1. The predicted molar refractivity (Wildman–Crippen MR) is 120 cm³/mol. The van der Waals surface area contributed by atoms with E-state index in [1.54, 1.807) is 42.5 Å². The Kier molecular flexibility index (Phi) is 6.45. The zero-order valence-electron chi connectivity index (χ0n) is 17.8. The fourth-order valence-electron chi connectivity index (χ4n) is 3.53. The number of carbonyl (C=O) groups excluding carboxylic acids is 1. The van der Waals surface area contributed by atoms with Crippen molar-refractivity contribution in [3.05, 3.63) is 71.5 Å². The Morgan fingerprint density at radius 1 is 1.18 bits per heavy atom. The van der Waals surface area contributed by atoms with E-state index in [1.165, 1.54) is 23.9 Å². The molecule has 0 atom stereocenters. The molecule has 170 valence electrons. The fourth-order valence-corrected chi connectivity index (χ4v) is 4.21. The molecule has 2 aromatic carbocycles. The number of nitrogens with one attached hydrogen (secondary N) is 1. The van der Waals surface area contributed by atoms with Crippen molar-refractivity contribution >= 4 is 17.5 Å². The largest absolute Gasteiger partial charge is 0.507 e. The quantitative estimate of drug-likeness (QED) is 0.273. The van der Waals surface area contributed by atoms with Gasteiger partial charge in [-0.3, -0.25) is 9.89 Å². The number of halogens is 2. The number of thioether (sulfide) groups is 1. The first-order valence-electron chi connectivity index (χ1n) is 9.94. The van der Waals surface area contributed by atoms with Crippen molar-refractivity contribution in [3.63, 3.8) is 0 Å². The number of H-pyrrole nitrogens is 1. The highest BCUT2D eigenvalue weighted by atomic mass is 32.2. The second-order valence-electron chi connectivity index (χ2n) is 7.19. The van der Waals surface area contributed by atoms with Crippen LogP contribution in [0, 0.1) is 13.8 Å². The summed E-state index contributed by atoms with van der Waals surface area (Å²) in [5, 5.41) is 17.2. The smallest absolute Gasteiger partial charge is 0.387 e. The van der Waals surface area contributed by atoms with Gasteiger partial charge in [0.1, 0.15) is 11.5 Å². The van der Waals surface area contributed by atoms with Gasteiger partial charge in [0.15, 0.2) is 11.6 Å². The number of Topliss-reactive ketones (excluding diaryl/α,β-unsaturated/α-hetero) is 1. The number of phenols is 1. The Hall–Kier alpha value is -3.66. The van der Waals surface area contributed by atoms with Gasteiger partial charge < -0.3 is 14.4 Å². The normalized spacial score (nSPS) is 11.2. The van der Waals surface area contributed by atoms with Crippen LogP contribution >= 0.6 is 11.8 Å². The molecule has 10 heteroatoms. The highest BCUT2D eigenvalue weighted by molar-refractivity contribution is 7.99. The minimum Gasteiger partial charge on any atom is -0.507 e. The third-order valence-corrected chi connectivity index (χ3v) is 5.86. The SMILES string of the molecule is Cc1cc(C(=O)CSc2n[nH]c(-c3ccccc3O)n2)c(C)n1-c1ccc(OC(F)F)cc1. The van der Waals surface area contributed by atoms with Crippen molar-refractivity contribution in [1.29, 1.82) is 0 Å². The number of alkyl halides is 2. The van der Waals surface area contributed by atoms with E-state index in [0.29, 0.717) is 22.1 Å². The molecule has 0 aliphatic heterocycles. The number of ketones is 1. The third-order valence-electron chi connectivity index (χ3n) is 5.01. The van der Waals surface area contributed by atoms with Gasteiger partial charge in [-0.15, -0.1) is 5.10 Å². The van der Waals surface area contributed by atoms with Gasteiger partial charge in [0.05, 0.1) is 11.3 Å². The molecule has 0 saturated carbocycles. The van der Waals surface area contributed by atoms with Crippen molar-refractivity contribution < 1.29 is 23.4 Å². The summed E-state index contributed by atoms with van der Waals surface area (Å²) in [5.41, 5.74) is 3.40. The molecule has 0 fully saturated rings. The second kappa shape index (κ2) is 9.45. The lowest BCUT2D eigenvalue weighted by atomic mass is 10.2. The van der Waals surface area contributed by atoms with E-state index in [1.807, 2.05) is 18.4 Å². The number of aromatic nitrogens is 4. The molecule has 0 unspecified atom stereocenters. The van der Waals surface area contributed by atoms with E-state index < -0.39 is 6.61 Å². The van der Waals surface area contributed by atoms with Gasteiger partial charge in [-0.05, 0) is 56.3 Å². The fraction of sp³-hybridized carbons (Fsp3) is 0.174. The maximum Gasteiger partial charge on any atom is 0.387 e. The number of phenolic OH excluding ortho intramolecular Hbond substituents is 1. The summed E-state index contributed by atoms with van der Waals surface area (Å²) in [7, 11) is 0. The number of hydrogen-bond donors (Lipinski definition) is 2. The molecule has 0 bridgehead atoms. The van der Waals surface area contributed by atoms with Gasteiger partial charge in [0.2, 0.25) is 5.16 Å². The number of para-hydroxylation sites is 1. The number of carbonyl (C=O) groups is 1. The molecule has 7 nitrogen and oxygen atoms in total. The van der Waals surface area contributed by atoms with Crippen LogP contribution in [-0.4, -0.2) is 43.0 Å².